The highest BCUT2D eigenvalue weighted by Crippen LogP contribution is 2.11. The van der Waals surface area contributed by atoms with Crippen molar-refractivity contribution in [2.75, 3.05) is 6.61 Å². The van der Waals surface area contributed by atoms with Crippen molar-refractivity contribution < 1.29 is 14.3 Å². The van der Waals surface area contributed by atoms with E-state index >= 15 is 0 Å². The van der Waals surface area contributed by atoms with E-state index in [0.29, 0.717) is 29.5 Å². The second kappa shape index (κ2) is 7.92. The number of hydrogen-bond acceptors (Lipinski definition) is 6. The molecule has 0 saturated heterocycles. The summed E-state index contributed by atoms with van der Waals surface area (Å²) in [4.78, 5) is 32.2. The van der Waals surface area contributed by atoms with Gasteiger partial charge in [-0.3, -0.25) is 4.79 Å². The topological polar surface area (TPSA) is 98.5 Å². The van der Waals surface area contributed by atoms with Gasteiger partial charge in [0.2, 0.25) is 0 Å². The van der Waals surface area contributed by atoms with Crippen molar-refractivity contribution in [2.45, 2.75) is 19.9 Å². The van der Waals surface area contributed by atoms with Crippen LogP contribution in [0.15, 0.2) is 36.8 Å². The predicted molar refractivity (Wildman–Crippen MR) is 93.7 cm³/mol. The highest BCUT2D eigenvalue weighted by Gasteiger charge is 2.18. The summed E-state index contributed by atoms with van der Waals surface area (Å²) in [7, 11) is 0. The predicted octanol–water partition coefficient (Wildman–Crippen LogP) is 1.81. The molecule has 0 fully saturated rings. The zero-order valence-corrected chi connectivity index (χ0v) is 14.7. The van der Waals surface area contributed by atoms with Gasteiger partial charge in [-0.05, 0) is 24.1 Å². The molecule has 0 atom stereocenters. The van der Waals surface area contributed by atoms with E-state index in [0.717, 1.165) is 5.56 Å². The first-order chi connectivity index (χ1) is 12.6. The molecule has 8 nitrogen and oxygen atoms in total. The van der Waals surface area contributed by atoms with E-state index in [-0.39, 0.29) is 12.2 Å². The summed E-state index contributed by atoms with van der Waals surface area (Å²) >= 11 is 5.81. The molecule has 26 heavy (non-hydrogen) atoms. The smallest absolute Gasteiger partial charge is 0.342 e. The van der Waals surface area contributed by atoms with Gasteiger partial charge in [0.05, 0.1) is 11.3 Å². The molecule has 3 rings (SSSR count). The molecule has 3 aromatic rings. The van der Waals surface area contributed by atoms with Crippen LogP contribution in [0.5, 0.6) is 0 Å². The molecule has 2 aromatic heterocycles. The van der Waals surface area contributed by atoms with Gasteiger partial charge in [0.1, 0.15) is 6.33 Å². The van der Waals surface area contributed by atoms with Gasteiger partial charge < -0.3 is 10.1 Å². The fraction of sp³-hybridized carbons (Fsp3) is 0.235. The number of aromatic nitrogens is 4. The van der Waals surface area contributed by atoms with Crippen molar-refractivity contribution in [3.05, 3.63) is 58.6 Å². The summed E-state index contributed by atoms with van der Waals surface area (Å²) in [5.74, 6) is -0.631. The fourth-order valence-electron chi connectivity index (χ4n) is 2.40. The van der Waals surface area contributed by atoms with Crippen LogP contribution in [-0.4, -0.2) is 38.1 Å². The molecular formula is C17H16ClN5O3. The maximum Gasteiger partial charge on any atom is 0.342 e. The van der Waals surface area contributed by atoms with Crippen molar-refractivity contribution in [1.82, 2.24) is 24.9 Å². The van der Waals surface area contributed by atoms with E-state index < -0.39 is 11.9 Å². The van der Waals surface area contributed by atoms with Crippen LogP contribution in [0.4, 0.5) is 0 Å². The van der Waals surface area contributed by atoms with Crippen molar-refractivity contribution in [2.24, 2.45) is 0 Å². The lowest BCUT2D eigenvalue weighted by molar-refractivity contribution is -0.124. The Labute approximate surface area is 154 Å². The molecule has 9 heteroatoms. The zero-order valence-electron chi connectivity index (χ0n) is 14.0. The SMILES string of the molecule is CCc1c(C(=O)OCC(=O)NCc2ccc(Cl)cc2)cnc2ncnn12. The third-order valence-corrected chi connectivity index (χ3v) is 3.95. The number of carbonyl (C=O) groups excluding carboxylic acids is 2. The molecule has 0 aliphatic heterocycles. The third kappa shape index (κ3) is 3.97. The van der Waals surface area contributed by atoms with Gasteiger partial charge in [-0.25, -0.2) is 14.3 Å². The van der Waals surface area contributed by atoms with Gasteiger partial charge in [0.25, 0.3) is 11.7 Å². The second-order valence-corrected chi connectivity index (χ2v) is 5.86. The average molecular weight is 374 g/mol. The Morgan fingerprint density at radius 3 is 2.73 bits per heavy atom. The van der Waals surface area contributed by atoms with Crippen LogP contribution < -0.4 is 5.32 Å². The summed E-state index contributed by atoms with van der Waals surface area (Å²) < 4.78 is 6.58. The summed E-state index contributed by atoms with van der Waals surface area (Å²) in [6.45, 7) is 1.82. The minimum atomic E-state index is -0.631. The number of nitrogens with one attached hydrogen (secondary N) is 1. The molecule has 0 bridgehead atoms. The van der Waals surface area contributed by atoms with E-state index in [4.69, 9.17) is 16.3 Å². The van der Waals surface area contributed by atoms with Gasteiger partial charge in [0, 0.05) is 17.8 Å². The lowest BCUT2D eigenvalue weighted by atomic mass is 10.2. The Morgan fingerprint density at radius 1 is 1.23 bits per heavy atom. The second-order valence-electron chi connectivity index (χ2n) is 5.42. The van der Waals surface area contributed by atoms with Crippen LogP contribution >= 0.6 is 11.6 Å². The number of carbonyl (C=O) groups is 2. The minimum Gasteiger partial charge on any atom is -0.452 e. The normalized spacial score (nSPS) is 10.7. The van der Waals surface area contributed by atoms with Crippen molar-refractivity contribution in [3.63, 3.8) is 0 Å². The number of ether oxygens (including phenoxy) is 1. The number of aryl methyl sites for hydroxylation is 1. The maximum absolute atomic E-state index is 12.3. The quantitative estimate of drug-likeness (QED) is 0.662. The Balaban J connectivity index is 1.58. The minimum absolute atomic E-state index is 0.260. The molecule has 0 saturated carbocycles. The third-order valence-electron chi connectivity index (χ3n) is 3.70. The monoisotopic (exact) mass is 373 g/mol. The fourth-order valence-corrected chi connectivity index (χ4v) is 2.52. The van der Waals surface area contributed by atoms with Crippen molar-refractivity contribution in [3.8, 4) is 0 Å². The lowest BCUT2D eigenvalue weighted by Crippen LogP contribution is -2.28. The van der Waals surface area contributed by atoms with E-state index in [2.05, 4.69) is 20.4 Å². The first-order valence-corrected chi connectivity index (χ1v) is 8.32. The van der Waals surface area contributed by atoms with Gasteiger partial charge in [-0.2, -0.15) is 10.1 Å². The van der Waals surface area contributed by atoms with E-state index in [9.17, 15) is 9.59 Å². The molecule has 0 aliphatic carbocycles. The van der Waals surface area contributed by atoms with Crippen molar-refractivity contribution in [1.29, 1.82) is 0 Å². The van der Waals surface area contributed by atoms with Crippen molar-refractivity contribution >= 4 is 29.3 Å². The molecule has 1 amide bonds. The van der Waals surface area contributed by atoms with Crippen LogP contribution in [0.1, 0.15) is 28.5 Å². The molecule has 0 aliphatic rings. The first-order valence-electron chi connectivity index (χ1n) is 7.94. The number of amides is 1. The number of rotatable bonds is 6. The lowest BCUT2D eigenvalue weighted by Gasteiger charge is -2.09. The van der Waals surface area contributed by atoms with E-state index in [1.165, 1.54) is 17.0 Å². The molecular weight excluding hydrogens is 358 g/mol. The number of esters is 1. The number of halogens is 1. The van der Waals surface area contributed by atoms with Crippen LogP contribution in [0.3, 0.4) is 0 Å². The van der Waals surface area contributed by atoms with Gasteiger partial charge in [-0.1, -0.05) is 30.7 Å². The Morgan fingerprint density at radius 2 is 2.00 bits per heavy atom. The maximum atomic E-state index is 12.3. The summed E-state index contributed by atoms with van der Waals surface area (Å²) in [6, 6.07) is 7.09. The van der Waals surface area contributed by atoms with Gasteiger partial charge in [0.15, 0.2) is 6.61 Å². The Hall–Kier alpha value is -3.00. The van der Waals surface area contributed by atoms with Crippen LogP contribution in [-0.2, 0) is 22.5 Å². The first kappa shape index (κ1) is 17.8. The highest BCUT2D eigenvalue weighted by atomic mass is 35.5. The number of benzene rings is 1. The largest absolute Gasteiger partial charge is 0.452 e. The van der Waals surface area contributed by atoms with Crippen LogP contribution in [0.2, 0.25) is 5.02 Å². The summed E-state index contributed by atoms with van der Waals surface area (Å²) in [5.41, 5.74) is 1.78. The number of fused-ring (bicyclic) bond motifs is 1. The molecule has 0 spiro atoms. The standard InChI is InChI=1S/C17H16ClN5O3/c1-2-14-13(8-20-17-21-10-22-23(14)17)16(25)26-9-15(24)19-7-11-3-5-12(18)6-4-11/h3-6,8,10H,2,7,9H2,1H3,(H,19,24). The van der Waals surface area contributed by atoms with Crippen LogP contribution in [0.25, 0.3) is 5.78 Å². The van der Waals surface area contributed by atoms with E-state index in [1.807, 2.05) is 6.92 Å². The average Bonchev–Trinajstić information content (AvgIpc) is 3.13. The number of hydrogen-bond donors (Lipinski definition) is 1. The highest BCUT2D eigenvalue weighted by molar-refractivity contribution is 6.30. The molecule has 2 heterocycles. The Kier molecular flexibility index (Phi) is 5.43. The molecule has 0 unspecified atom stereocenters. The summed E-state index contributed by atoms with van der Waals surface area (Å²) in [6.07, 6.45) is 3.28. The van der Waals surface area contributed by atoms with Gasteiger partial charge in [-0.15, -0.1) is 0 Å². The zero-order chi connectivity index (χ0) is 18.5. The molecule has 1 aromatic carbocycles. The summed E-state index contributed by atoms with van der Waals surface area (Å²) in [5, 5.41) is 7.34. The van der Waals surface area contributed by atoms with E-state index in [1.54, 1.807) is 24.3 Å². The molecule has 1 N–H and O–H groups in total. The van der Waals surface area contributed by atoms with Crippen LogP contribution in [0, 0.1) is 0 Å². The Bertz CT molecular complexity index is 939. The molecule has 134 valence electrons. The number of nitrogens with zero attached hydrogens (tertiary/aromatic N) is 4. The molecule has 0 radical (unpaired) electrons. The van der Waals surface area contributed by atoms with Gasteiger partial charge >= 0.3 is 5.97 Å².